The predicted octanol–water partition coefficient (Wildman–Crippen LogP) is 4.09. The van der Waals surface area contributed by atoms with Crippen molar-refractivity contribution in [3.05, 3.63) is 65.8 Å². The van der Waals surface area contributed by atoms with Gasteiger partial charge in [-0.05, 0) is 36.4 Å². The molecule has 5 nitrogen and oxygen atoms in total. The van der Waals surface area contributed by atoms with Gasteiger partial charge in [-0.2, -0.15) is 0 Å². The maximum absolute atomic E-state index is 12.7. The lowest BCUT2D eigenvalue weighted by Gasteiger charge is -2.05. The molecule has 0 fully saturated rings. The molecule has 126 valence electrons. The Bertz CT molecular complexity index is 1270. The molecule has 0 aliphatic rings. The summed E-state index contributed by atoms with van der Waals surface area (Å²) in [6, 6.07) is 9.97. The lowest BCUT2D eigenvalue weighted by Crippen LogP contribution is -2.28. The minimum absolute atomic E-state index is 0.253. The van der Waals surface area contributed by atoms with Crippen LogP contribution in [0.2, 0.25) is 10.0 Å². The van der Waals surface area contributed by atoms with Gasteiger partial charge >= 0.3 is 9.75 Å². The zero-order valence-corrected chi connectivity index (χ0v) is 15.5. The van der Waals surface area contributed by atoms with Crippen molar-refractivity contribution in [3.63, 3.8) is 0 Å². The van der Waals surface area contributed by atoms with Gasteiger partial charge in [-0.1, -0.05) is 45.9 Å². The third kappa shape index (κ3) is 2.83. The van der Waals surface area contributed by atoms with E-state index in [2.05, 4.69) is 0 Å². The number of halogens is 2. The summed E-state index contributed by atoms with van der Waals surface area (Å²) in [6.07, 6.45) is 0. The number of fused-ring (bicyclic) bond motifs is 2. The Balaban J connectivity index is 1.84. The third-order valence-electron chi connectivity index (χ3n) is 3.71. The zero-order valence-electron chi connectivity index (χ0n) is 12.4. The molecule has 0 atom stereocenters. The van der Waals surface area contributed by atoms with Crippen LogP contribution in [0, 0.1) is 0 Å². The Labute approximate surface area is 158 Å². The van der Waals surface area contributed by atoms with Crippen molar-refractivity contribution in [2.45, 2.75) is 6.54 Å². The van der Waals surface area contributed by atoms with Gasteiger partial charge in [0.05, 0.1) is 20.4 Å². The Kier molecular flexibility index (Phi) is 4.04. The molecule has 0 N–H and O–H groups in total. The second-order valence-corrected chi connectivity index (χ2v) is 8.13. The summed E-state index contributed by atoms with van der Waals surface area (Å²) in [4.78, 5) is 36.5. The van der Waals surface area contributed by atoms with E-state index in [9.17, 15) is 14.4 Å². The van der Waals surface area contributed by atoms with E-state index in [4.69, 9.17) is 23.2 Å². The zero-order chi connectivity index (χ0) is 17.7. The average Bonchev–Trinajstić information content (AvgIpc) is 3.04. The van der Waals surface area contributed by atoms with Crippen molar-refractivity contribution in [1.29, 1.82) is 0 Å². The van der Waals surface area contributed by atoms with Crippen LogP contribution >= 0.6 is 45.9 Å². The second kappa shape index (κ2) is 6.10. The van der Waals surface area contributed by atoms with Crippen molar-refractivity contribution in [2.75, 3.05) is 0 Å². The minimum atomic E-state index is -0.500. The lowest BCUT2D eigenvalue weighted by molar-refractivity contribution is 0.0895. The van der Waals surface area contributed by atoms with E-state index >= 15 is 0 Å². The van der Waals surface area contributed by atoms with Crippen LogP contribution < -0.4 is 9.75 Å². The van der Waals surface area contributed by atoms with Gasteiger partial charge in [0, 0.05) is 10.0 Å². The summed E-state index contributed by atoms with van der Waals surface area (Å²) in [6.45, 7) is -0.253. The molecule has 0 aliphatic carbocycles. The summed E-state index contributed by atoms with van der Waals surface area (Å²) in [7, 11) is 0. The lowest BCUT2D eigenvalue weighted by atomic mass is 10.3. The monoisotopic (exact) mass is 410 g/mol. The maximum Gasteiger partial charge on any atom is 0.315 e. The Morgan fingerprint density at radius 3 is 2.12 bits per heavy atom. The molecule has 9 heteroatoms. The van der Waals surface area contributed by atoms with Gasteiger partial charge in [0.2, 0.25) is 0 Å². The molecule has 4 rings (SSSR count). The number of hydrogen-bond acceptors (Lipinski definition) is 5. The highest BCUT2D eigenvalue weighted by atomic mass is 35.5. The quantitative estimate of drug-likeness (QED) is 0.499. The highest BCUT2D eigenvalue weighted by Gasteiger charge is 2.18. The van der Waals surface area contributed by atoms with E-state index in [0.29, 0.717) is 25.8 Å². The van der Waals surface area contributed by atoms with Crippen LogP contribution in [0.1, 0.15) is 4.79 Å². The summed E-state index contributed by atoms with van der Waals surface area (Å²) in [5, 5.41) is 0.896. The van der Waals surface area contributed by atoms with Crippen molar-refractivity contribution >= 4 is 72.2 Å². The number of thiazole rings is 2. The number of nitrogens with zero attached hydrogens (tertiary/aromatic N) is 2. The molecule has 0 aliphatic heterocycles. The van der Waals surface area contributed by atoms with Crippen LogP contribution in [0.4, 0.5) is 0 Å². The van der Waals surface area contributed by atoms with Gasteiger partial charge < -0.3 is 0 Å². The first kappa shape index (κ1) is 16.5. The maximum atomic E-state index is 12.7. The van der Waals surface area contributed by atoms with Crippen molar-refractivity contribution in [1.82, 2.24) is 9.13 Å². The van der Waals surface area contributed by atoms with Gasteiger partial charge in [0.1, 0.15) is 6.54 Å². The van der Waals surface area contributed by atoms with Gasteiger partial charge in [0.15, 0.2) is 0 Å². The highest BCUT2D eigenvalue weighted by Crippen LogP contribution is 2.23. The Morgan fingerprint density at radius 1 is 0.880 bits per heavy atom. The van der Waals surface area contributed by atoms with Gasteiger partial charge in [0.25, 0.3) is 5.91 Å². The molecule has 0 saturated carbocycles. The molecule has 2 aromatic heterocycles. The first-order chi connectivity index (χ1) is 11.9. The van der Waals surface area contributed by atoms with Crippen LogP contribution in [0.15, 0.2) is 46.0 Å². The summed E-state index contributed by atoms with van der Waals surface area (Å²) in [5.41, 5.74) is 1.01. The van der Waals surface area contributed by atoms with Crippen LogP contribution in [-0.4, -0.2) is 15.0 Å². The van der Waals surface area contributed by atoms with Gasteiger partial charge in [-0.3, -0.25) is 19.0 Å². The molecule has 2 aromatic carbocycles. The Morgan fingerprint density at radius 2 is 1.44 bits per heavy atom. The second-order valence-electron chi connectivity index (χ2n) is 5.28. The smallest absolute Gasteiger partial charge is 0.289 e. The molecule has 0 bridgehead atoms. The van der Waals surface area contributed by atoms with E-state index in [0.717, 1.165) is 31.9 Å². The van der Waals surface area contributed by atoms with Gasteiger partial charge in [-0.15, -0.1) is 0 Å². The molecule has 0 unspecified atom stereocenters. The molecule has 0 radical (unpaired) electrons. The fraction of sp³-hybridized carbons (Fsp3) is 0.0625. The van der Waals surface area contributed by atoms with Crippen molar-refractivity contribution in [3.8, 4) is 0 Å². The molecule has 0 saturated heterocycles. The molecule has 0 amide bonds. The first-order valence-electron chi connectivity index (χ1n) is 7.07. The number of benzene rings is 2. The molecule has 25 heavy (non-hydrogen) atoms. The Hall–Kier alpha value is -1.93. The summed E-state index contributed by atoms with van der Waals surface area (Å²) in [5.74, 6) is -0.500. The van der Waals surface area contributed by atoms with Crippen molar-refractivity contribution in [2.24, 2.45) is 0 Å². The third-order valence-corrected chi connectivity index (χ3v) is 6.07. The topological polar surface area (TPSA) is 61.1 Å². The molecule has 0 spiro atoms. The van der Waals surface area contributed by atoms with E-state index in [-0.39, 0.29) is 11.4 Å². The number of aromatic nitrogens is 2. The fourth-order valence-corrected chi connectivity index (χ4v) is 4.69. The largest absolute Gasteiger partial charge is 0.315 e. The van der Waals surface area contributed by atoms with E-state index in [1.807, 2.05) is 0 Å². The average molecular weight is 411 g/mol. The number of hydrogen-bond donors (Lipinski definition) is 0. The molecule has 4 aromatic rings. The summed E-state index contributed by atoms with van der Waals surface area (Å²) >= 11 is 14.0. The fourth-order valence-electron chi connectivity index (χ4n) is 2.62. The van der Waals surface area contributed by atoms with E-state index < -0.39 is 10.8 Å². The van der Waals surface area contributed by atoms with Crippen LogP contribution in [0.5, 0.6) is 0 Å². The minimum Gasteiger partial charge on any atom is -0.289 e. The number of carbonyl (C=O) groups is 1. The number of carbonyl (C=O) groups excluding carboxylic acids is 1. The van der Waals surface area contributed by atoms with Crippen LogP contribution in [0.3, 0.4) is 0 Å². The van der Waals surface area contributed by atoms with Crippen molar-refractivity contribution < 1.29 is 4.79 Å². The SMILES string of the molecule is O=C(Cn1c(=O)sc2ccc(Cl)cc21)n1c(=O)sc2ccc(Cl)cc21. The van der Waals surface area contributed by atoms with E-state index in [1.165, 1.54) is 4.57 Å². The molecular weight excluding hydrogens is 403 g/mol. The van der Waals surface area contributed by atoms with Crippen LogP contribution in [0.25, 0.3) is 20.4 Å². The number of rotatable bonds is 2. The normalized spacial score (nSPS) is 11.4. The molecule has 2 heterocycles. The van der Waals surface area contributed by atoms with E-state index in [1.54, 1.807) is 36.4 Å². The van der Waals surface area contributed by atoms with Crippen LogP contribution in [-0.2, 0) is 6.54 Å². The standard InChI is InChI=1S/C16H8Cl2N2O3S2/c17-8-1-3-12-10(5-8)19(15(22)24-12)7-14(21)20-11-6-9(18)2-4-13(11)25-16(20)23/h1-6H,7H2. The molecular formula is C16H8Cl2N2O3S2. The first-order valence-corrected chi connectivity index (χ1v) is 9.46. The highest BCUT2D eigenvalue weighted by molar-refractivity contribution is 7.16. The summed E-state index contributed by atoms with van der Waals surface area (Å²) < 4.78 is 3.78. The predicted molar refractivity (Wildman–Crippen MR) is 103 cm³/mol. The van der Waals surface area contributed by atoms with Gasteiger partial charge in [-0.25, -0.2) is 4.57 Å².